The SMILES string of the molecule is Cc1cc(CN=C(N(C)C)N(C)C)ncn1.I. The average Bonchev–Trinajstić information content (AvgIpc) is 2.16. The summed E-state index contributed by atoms with van der Waals surface area (Å²) in [5.41, 5.74) is 1.91. The van der Waals surface area contributed by atoms with Crippen molar-refractivity contribution in [1.29, 1.82) is 0 Å². The van der Waals surface area contributed by atoms with E-state index >= 15 is 0 Å². The standard InChI is InChI=1S/C11H19N5.HI/c1-9-6-10(14-8-13-9)7-12-11(15(2)3)16(4)5;/h6,8H,7H2,1-5H3;1H. The summed E-state index contributed by atoms with van der Waals surface area (Å²) >= 11 is 0. The van der Waals surface area contributed by atoms with Crippen LogP contribution < -0.4 is 0 Å². The fourth-order valence-electron chi connectivity index (χ4n) is 1.43. The van der Waals surface area contributed by atoms with Crippen molar-refractivity contribution in [3.05, 3.63) is 23.8 Å². The maximum absolute atomic E-state index is 4.51. The van der Waals surface area contributed by atoms with Gasteiger partial charge >= 0.3 is 0 Å². The highest BCUT2D eigenvalue weighted by molar-refractivity contribution is 14.0. The van der Waals surface area contributed by atoms with Crippen LogP contribution in [0.15, 0.2) is 17.4 Å². The Labute approximate surface area is 120 Å². The number of aliphatic imine (C=N–C) groups is 1. The molecule has 0 aromatic carbocycles. The molecule has 96 valence electrons. The summed E-state index contributed by atoms with van der Waals surface area (Å²) in [4.78, 5) is 16.7. The second-order valence-electron chi connectivity index (χ2n) is 4.06. The summed E-state index contributed by atoms with van der Waals surface area (Å²) in [5.74, 6) is 0.927. The summed E-state index contributed by atoms with van der Waals surface area (Å²) in [6.45, 7) is 2.53. The Balaban J connectivity index is 0.00000256. The predicted octanol–water partition coefficient (Wildman–Crippen LogP) is 1.38. The van der Waals surface area contributed by atoms with Gasteiger partial charge in [-0.2, -0.15) is 0 Å². The number of aromatic nitrogens is 2. The van der Waals surface area contributed by atoms with E-state index in [1.807, 2.05) is 51.0 Å². The van der Waals surface area contributed by atoms with Gasteiger partial charge in [-0.3, -0.25) is 0 Å². The summed E-state index contributed by atoms with van der Waals surface area (Å²) in [7, 11) is 7.91. The monoisotopic (exact) mass is 349 g/mol. The summed E-state index contributed by atoms with van der Waals surface area (Å²) < 4.78 is 0. The zero-order valence-corrected chi connectivity index (χ0v) is 13.3. The fraction of sp³-hybridized carbons (Fsp3) is 0.545. The Hall–Kier alpha value is -0.920. The van der Waals surface area contributed by atoms with Crippen molar-refractivity contribution in [3.8, 4) is 0 Å². The van der Waals surface area contributed by atoms with Gasteiger partial charge in [-0.25, -0.2) is 15.0 Å². The van der Waals surface area contributed by atoms with Gasteiger partial charge in [0.15, 0.2) is 5.96 Å². The van der Waals surface area contributed by atoms with Crippen molar-refractivity contribution >= 4 is 29.9 Å². The zero-order valence-electron chi connectivity index (χ0n) is 11.0. The third-order valence-electron chi connectivity index (χ3n) is 2.04. The lowest BCUT2D eigenvalue weighted by molar-refractivity contribution is 0.479. The molecule has 0 atom stereocenters. The van der Waals surface area contributed by atoms with E-state index in [1.54, 1.807) is 6.33 Å². The maximum Gasteiger partial charge on any atom is 0.195 e. The van der Waals surface area contributed by atoms with Gasteiger partial charge in [-0.05, 0) is 13.0 Å². The van der Waals surface area contributed by atoms with E-state index < -0.39 is 0 Å². The van der Waals surface area contributed by atoms with Crippen LogP contribution in [0.5, 0.6) is 0 Å². The molecular weight excluding hydrogens is 329 g/mol. The van der Waals surface area contributed by atoms with Crippen molar-refractivity contribution in [1.82, 2.24) is 19.8 Å². The highest BCUT2D eigenvalue weighted by Crippen LogP contribution is 2.00. The van der Waals surface area contributed by atoms with Crippen LogP contribution in [0.2, 0.25) is 0 Å². The van der Waals surface area contributed by atoms with Crippen molar-refractivity contribution in [2.45, 2.75) is 13.5 Å². The van der Waals surface area contributed by atoms with Crippen LogP contribution in [-0.4, -0.2) is 53.9 Å². The molecule has 1 aromatic rings. The lowest BCUT2D eigenvalue weighted by Gasteiger charge is -2.22. The van der Waals surface area contributed by atoms with Crippen LogP contribution in [0, 0.1) is 6.92 Å². The molecule has 0 fully saturated rings. The Bertz CT molecular complexity index is 366. The minimum absolute atomic E-state index is 0. The smallest absolute Gasteiger partial charge is 0.195 e. The van der Waals surface area contributed by atoms with Crippen molar-refractivity contribution < 1.29 is 0 Å². The second kappa shape index (κ2) is 7.41. The summed E-state index contributed by atoms with van der Waals surface area (Å²) in [6, 6.07) is 1.95. The Morgan fingerprint density at radius 1 is 1.18 bits per heavy atom. The number of rotatable bonds is 2. The van der Waals surface area contributed by atoms with Gasteiger partial charge in [0.1, 0.15) is 6.33 Å². The number of hydrogen-bond acceptors (Lipinski definition) is 3. The molecule has 0 aliphatic heterocycles. The topological polar surface area (TPSA) is 44.6 Å². The zero-order chi connectivity index (χ0) is 12.1. The molecule has 5 nitrogen and oxygen atoms in total. The van der Waals surface area contributed by atoms with Crippen LogP contribution in [0.4, 0.5) is 0 Å². The van der Waals surface area contributed by atoms with E-state index in [4.69, 9.17) is 0 Å². The second-order valence-corrected chi connectivity index (χ2v) is 4.06. The minimum atomic E-state index is 0. The molecule has 1 aromatic heterocycles. The first-order valence-corrected chi connectivity index (χ1v) is 5.17. The van der Waals surface area contributed by atoms with Crippen molar-refractivity contribution in [3.63, 3.8) is 0 Å². The molecule has 0 saturated carbocycles. The quantitative estimate of drug-likeness (QED) is 0.460. The lowest BCUT2D eigenvalue weighted by atomic mass is 10.3. The normalized spacial score (nSPS) is 9.24. The Morgan fingerprint density at radius 3 is 2.24 bits per heavy atom. The molecule has 17 heavy (non-hydrogen) atoms. The number of hydrogen-bond donors (Lipinski definition) is 0. The molecule has 1 heterocycles. The van der Waals surface area contributed by atoms with Crippen molar-refractivity contribution in [2.75, 3.05) is 28.2 Å². The van der Waals surface area contributed by atoms with E-state index in [1.165, 1.54) is 0 Å². The predicted molar refractivity (Wildman–Crippen MR) is 80.7 cm³/mol. The largest absolute Gasteiger partial charge is 0.349 e. The van der Waals surface area contributed by atoms with Gasteiger partial charge in [-0.1, -0.05) is 0 Å². The molecule has 0 spiro atoms. The van der Waals surface area contributed by atoms with E-state index in [9.17, 15) is 0 Å². The number of aryl methyl sites for hydroxylation is 1. The van der Waals surface area contributed by atoms with Gasteiger partial charge < -0.3 is 9.80 Å². The molecule has 1 rings (SSSR count). The Morgan fingerprint density at radius 2 is 1.76 bits per heavy atom. The first-order valence-electron chi connectivity index (χ1n) is 5.17. The number of guanidine groups is 1. The molecule has 6 heteroatoms. The third kappa shape index (κ3) is 5.29. The molecule has 0 unspecified atom stereocenters. The first-order chi connectivity index (χ1) is 7.50. The Kier molecular flexibility index (Phi) is 7.01. The molecule has 0 bridgehead atoms. The third-order valence-corrected chi connectivity index (χ3v) is 2.04. The van der Waals surface area contributed by atoms with Crippen LogP contribution in [0.3, 0.4) is 0 Å². The molecule has 0 radical (unpaired) electrons. The number of halogens is 1. The van der Waals surface area contributed by atoms with Crippen LogP contribution in [0.25, 0.3) is 0 Å². The van der Waals surface area contributed by atoms with Crippen LogP contribution in [0.1, 0.15) is 11.4 Å². The molecule has 0 N–H and O–H groups in total. The molecule has 0 saturated heterocycles. The maximum atomic E-state index is 4.51. The number of nitrogens with zero attached hydrogens (tertiary/aromatic N) is 5. The average molecular weight is 349 g/mol. The molecule has 0 aliphatic rings. The van der Waals surface area contributed by atoms with Crippen molar-refractivity contribution in [2.24, 2.45) is 4.99 Å². The van der Waals surface area contributed by atoms with E-state index in [-0.39, 0.29) is 24.0 Å². The summed E-state index contributed by atoms with van der Waals surface area (Å²) in [6.07, 6.45) is 1.57. The minimum Gasteiger partial charge on any atom is -0.349 e. The highest BCUT2D eigenvalue weighted by Gasteiger charge is 2.04. The van der Waals surface area contributed by atoms with Gasteiger partial charge in [0.25, 0.3) is 0 Å². The highest BCUT2D eigenvalue weighted by atomic mass is 127. The van der Waals surface area contributed by atoms with Gasteiger partial charge in [-0.15, -0.1) is 24.0 Å². The van der Waals surface area contributed by atoms with Crippen LogP contribution >= 0.6 is 24.0 Å². The molecule has 0 amide bonds. The summed E-state index contributed by atoms with van der Waals surface area (Å²) in [5, 5.41) is 0. The lowest BCUT2D eigenvalue weighted by Crippen LogP contribution is -2.35. The van der Waals surface area contributed by atoms with Gasteiger partial charge in [0.05, 0.1) is 12.2 Å². The van der Waals surface area contributed by atoms with Gasteiger partial charge in [0.2, 0.25) is 0 Å². The first kappa shape index (κ1) is 16.1. The van der Waals surface area contributed by atoms with Crippen LogP contribution in [-0.2, 0) is 6.54 Å². The van der Waals surface area contributed by atoms with Gasteiger partial charge in [0, 0.05) is 33.9 Å². The van der Waals surface area contributed by atoms with E-state index in [0.717, 1.165) is 17.3 Å². The molecular formula is C11H20IN5. The van der Waals surface area contributed by atoms with E-state index in [2.05, 4.69) is 15.0 Å². The molecule has 0 aliphatic carbocycles. The van der Waals surface area contributed by atoms with E-state index in [0.29, 0.717) is 6.54 Å². The fourth-order valence-corrected chi connectivity index (χ4v) is 1.43.